The third-order valence-corrected chi connectivity index (χ3v) is 5.75. The van der Waals surface area contributed by atoms with Crippen molar-refractivity contribution < 1.29 is 17.0 Å². The summed E-state index contributed by atoms with van der Waals surface area (Å²) in [5, 5.41) is -0.0154. The average molecular weight is 394 g/mol. The molecule has 0 saturated heterocycles. The van der Waals surface area contributed by atoms with Crippen LogP contribution in [0.5, 0.6) is 0 Å². The molecule has 0 aliphatic rings. The van der Waals surface area contributed by atoms with E-state index in [0.29, 0.717) is 0 Å². The maximum atomic E-state index is 13.8. The van der Waals surface area contributed by atoms with Crippen LogP contribution in [-0.4, -0.2) is 31.2 Å². The Morgan fingerprint density at radius 2 is 2.16 bits per heavy atom. The number of nitrogens with one attached hydrogen (secondary N) is 1. The molecular weight excluding hydrogens is 383 g/mol. The van der Waals surface area contributed by atoms with Crippen LogP contribution < -0.4 is 10.5 Å². The minimum atomic E-state index is -4.09. The minimum Gasteiger partial charge on any atom is -0.395 e. The minimum absolute atomic E-state index is 0.0154. The van der Waals surface area contributed by atoms with E-state index in [1.165, 1.54) is 6.26 Å². The van der Waals surface area contributed by atoms with Gasteiger partial charge in [0.05, 0.1) is 15.2 Å². The lowest BCUT2D eigenvalue weighted by atomic mass is 10.3. The van der Waals surface area contributed by atoms with E-state index >= 15 is 0 Å². The molecule has 0 aromatic heterocycles. The first kappa shape index (κ1) is 16.8. The van der Waals surface area contributed by atoms with Crippen molar-refractivity contribution in [2.24, 2.45) is 0 Å². The molecule has 0 saturated carbocycles. The van der Waals surface area contributed by atoms with Gasteiger partial charge in [-0.2, -0.15) is 0 Å². The molecule has 0 radical (unpaired) electrons. The number of benzene rings is 1. The highest BCUT2D eigenvalue weighted by Gasteiger charge is 2.23. The number of halogens is 3. The van der Waals surface area contributed by atoms with Gasteiger partial charge in [-0.15, -0.1) is 0 Å². The molecule has 0 bridgehead atoms. The van der Waals surface area contributed by atoms with Crippen LogP contribution in [0.15, 0.2) is 15.4 Å². The molecule has 1 atom stereocenters. The number of sulfonamides is 1. The van der Waals surface area contributed by atoms with Crippen LogP contribution in [0.4, 0.5) is 10.1 Å². The fourth-order valence-electron chi connectivity index (χ4n) is 1.19. The van der Waals surface area contributed by atoms with Crippen LogP contribution >= 0.6 is 27.5 Å². The molecule has 10 heteroatoms. The van der Waals surface area contributed by atoms with Crippen molar-refractivity contribution in [1.82, 2.24) is 4.72 Å². The lowest BCUT2D eigenvalue weighted by Gasteiger charge is -2.10. The highest BCUT2D eigenvalue weighted by atomic mass is 79.9. The zero-order valence-electron chi connectivity index (χ0n) is 9.74. The summed E-state index contributed by atoms with van der Waals surface area (Å²) in [7, 11) is -5.25. The molecule has 1 rings (SSSR count). The van der Waals surface area contributed by atoms with Gasteiger partial charge in [0.1, 0.15) is 4.90 Å². The molecule has 108 valence electrons. The summed E-state index contributed by atoms with van der Waals surface area (Å²) in [6.45, 7) is -0.0710. The zero-order valence-corrected chi connectivity index (χ0v) is 13.7. The lowest BCUT2D eigenvalue weighted by molar-refractivity contribution is 0.560. The molecule has 19 heavy (non-hydrogen) atoms. The summed E-state index contributed by atoms with van der Waals surface area (Å²) in [6, 6.07) is 0.961. The number of hydrogen-bond acceptors (Lipinski definition) is 4. The van der Waals surface area contributed by atoms with E-state index in [2.05, 4.69) is 20.7 Å². The van der Waals surface area contributed by atoms with Crippen molar-refractivity contribution in [3.05, 3.63) is 21.4 Å². The van der Waals surface area contributed by atoms with Crippen molar-refractivity contribution in [3.8, 4) is 0 Å². The molecule has 1 unspecified atom stereocenters. The first-order valence-electron chi connectivity index (χ1n) is 4.89. The molecule has 0 amide bonds. The maximum absolute atomic E-state index is 13.8. The highest BCUT2D eigenvalue weighted by Crippen LogP contribution is 2.34. The van der Waals surface area contributed by atoms with Crippen molar-refractivity contribution in [2.45, 2.75) is 4.90 Å². The molecule has 0 heterocycles. The second kappa shape index (κ2) is 6.49. The van der Waals surface area contributed by atoms with E-state index in [9.17, 15) is 17.0 Å². The van der Waals surface area contributed by atoms with E-state index in [-0.39, 0.29) is 27.5 Å². The molecule has 0 fully saturated rings. The molecule has 0 aliphatic carbocycles. The van der Waals surface area contributed by atoms with Gasteiger partial charge in [-0.3, -0.25) is 4.21 Å². The van der Waals surface area contributed by atoms with Gasteiger partial charge in [0.15, 0.2) is 5.82 Å². The van der Waals surface area contributed by atoms with E-state index in [1.54, 1.807) is 0 Å². The van der Waals surface area contributed by atoms with Gasteiger partial charge < -0.3 is 5.73 Å². The normalized spacial score (nSPS) is 13.5. The Morgan fingerprint density at radius 3 is 2.68 bits per heavy atom. The number of nitrogens with two attached hydrogens (primary N) is 1. The van der Waals surface area contributed by atoms with Crippen molar-refractivity contribution in [1.29, 1.82) is 0 Å². The number of anilines is 1. The summed E-state index contributed by atoms with van der Waals surface area (Å²) in [4.78, 5) is -0.639. The van der Waals surface area contributed by atoms with Crippen LogP contribution in [0.3, 0.4) is 0 Å². The Kier molecular flexibility index (Phi) is 5.75. The second-order valence-corrected chi connectivity index (χ2v) is 8.06. The zero-order chi connectivity index (χ0) is 14.8. The smallest absolute Gasteiger partial charge is 0.243 e. The standard InChI is InChI=1S/C9H11BrClFN2O3S2/c1-18(15)3-2-14-19(16,17)6-4-5(11)7(10)9(13)8(6)12/h4,14H,2-3,13H2,1H3. The first-order valence-corrected chi connectivity index (χ1v) is 9.27. The summed E-state index contributed by atoms with van der Waals surface area (Å²) in [6.07, 6.45) is 1.43. The summed E-state index contributed by atoms with van der Waals surface area (Å²) in [5.41, 5.74) is 5.03. The SMILES string of the molecule is CS(=O)CCNS(=O)(=O)c1cc(Cl)c(Br)c(N)c1F. The maximum Gasteiger partial charge on any atom is 0.243 e. The Morgan fingerprint density at radius 1 is 1.58 bits per heavy atom. The molecule has 5 nitrogen and oxygen atoms in total. The number of nitrogen functional groups attached to an aromatic ring is 1. The molecular formula is C9H11BrClFN2O3S2. The van der Waals surface area contributed by atoms with E-state index < -0.39 is 31.5 Å². The van der Waals surface area contributed by atoms with Crippen LogP contribution in [0, 0.1) is 5.82 Å². The van der Waals surface area contributed by atoms with Crippen LogP contribution in [0.2, 0.25) is 5.02 Å². The molecule has 0 spiro atoms. The van der Waals surface area contributed by atoms with Crippen molar-refractivity contribution in [3.63, 3.8) is 0 Å². The van der Waals surface area contributed by atoms with Gasteiger partial charge in [-0.25, -0.2) is 17.5 Å². The van der Waals surface area contributed by atoms with Gasteiger partial charge in [-0.05, 0) is 22.0 Å². The Bertz CT molecular complexity index is 624. The highest BCUT2D eigenvalue weighted by molar-refractivity contribution is 9.10. The monoisotopic (exact) mass is 392 g/mol. The third kappa shape index (κ3) is 4.12. The second-order valence-electron chi connectivity index (χ2n) is 3.57. The Balaban J connectivity index is 3.12. The Labute approximate surface area is 126 Å². The van der Waals surface area contributed by atoms with E-state index in [1.807, 2.05) is 0 Å². The molecule has 1 aromatic carbocycles. The third-order valence-electron chi connectivity index (χ3n) is 2.13. The topological polar surface area (TPSA) is 89.3 Å². The van der Waals surface area contributed by atoms with Gasteiger partial charge >= 0.3 is 0 Å². The van der Waals surface area contributed by atoms with Gasteiger partial charge in [-0.1, -0.05) is 11.6 Å². The first-order chi connectivity index (χ1) is 8.66. The fourth-order valence-corrected chi connectivity index (χ4v) is 3.42. The van der Waals surface area contributed by atoms with Gasteiger partial charge in [0.25, 0.3) is 0 Å². The Hall–Kier alpha value is -0.220. The lowest BCUT2D eigenvalue weighted by Crippen LogP contribution is -2.28. The van der Waals surface area contributed by atoms with E-state index in [4.69, 9.17) is 17.3 Å². The van der Waals surface area contributed by atoms with Gasteiger partial charge in [0, 0.05) is 29.4 Å². The summed E-state index contributed by atoms with van der Waals surface area (Å²) in [5.74, 6) is -0.956. The summed E-state index contributed by atoms with van der Waals surface area (Å²) >= 11 is 8.70. The van der Waals surface area contributed by atoms with Crippen molar-refractivity contribution >= 4 is 54.0 Å². The van der Waals surface area contributed by atoms with Gasteiger partial charge in [0.2, 0.25) is 10.0 Å². The van der Waals surface area contributed by atoms with Crippen LogP contribution in [-0.2, 0) is 20.8 Å². The molecule has 3 N–H and O–H groups in total. The van der Waals surface area contributed by atoms with Crippen LogP contribution in [0.25, 0.3) is 0 Å². The predicted molar refractivity (Wildman–Crippen MR) is 77.6 cm³/mol. The molecule has 0 aliphatic heterocycles. The number of rotatable bonds is 5. The van der Waals surface area contributed by atoms with E-state index in [0.717, 1.165) is 6.07 Å². The van der Waals surface area contributed by atoms with Crippen LogP contribution in [0.1, 0.15) is 0 Å². The predicted octanol–water partition coefficient (Wildman–Crippen LogP) is 1.48. The fraction of sp³-hybridized carbons (Fsp3) is 0.333. The van der Waals surface area contributed by atoms with Crippen molar-refractivity contribution in [2.75, 3.05) is 24.3 Å². The summed E-state index contributed by atoms with van der Waals surface area (Å²) < 4.78 is 50.6. The number of hydrogen-bond donors (Lipinski definition) is 2. The average Bonchev–Trinajstić information content (AvgIpc) is 2.30. The largest absolute Gasteiger partial charge is 0.395 e. The molecule has 1 aromatic rings. The quantitative estimate of drug-likeness (QED) is 0.586.